The quantitative estimate of drug-likeness (QED) is 0.264. The van der Waals surface area contributed by atoms with E-state index in [2.05, 4.69) is 4.99 Å². The van der Waals surface area contributed by atoms with E-state index in [1.54, 1.807) is 41.5 Å². The fraction of sp³-hybridized carbons (Fsp3) is 0.148. The first-order valence-corrected chi connectivity index (χ1v) is 13.4. The molecule has 0 amide bonds. The van der Waals surface area contributed by atoms with Crippen molar-refractivity contribution < 1.29 is 13.9 Å². The largest absolute Gasteiger partial charge is 0.466 e. The van der Waals surface area contributed by atoms with E-state index in [0.717, 1.165) is 16.0 Å². The number of rotatable bonds is 5. The van der Waals surface area contributed by atoms with Gasteiger partial charge in [0.25, 0.3) is 5.56 Å². The van der Waals surface area contributed by atoms with Crippen molar-refractivity contribution in [2.24, 2.45) is 4.99 Å². The summed E-state index contributed by atoms with van der Waals surface area (Å²) in [4.78, 5) is 32.6. The lowest BCUT2D eigenvalue weighted by molar-refractivity contribution is -0.136. The molecule has 0 saturated carbocycles. The van der Waals surface area contributed by atoms with Crippen molar-refractivity contribution in [3.05, 3.63) is 108 Å². The summed E-state index contributed by atoms with van der Waals surface area (Å²) in [5.41, 5.74) is 2.30. The number of fused-ring (bicyclic) bond motifs is 1. The van der Waals surface area contributed by atoms with Crippen LogP contribution in [0.2, 0.25) is 5.02 Å². The summed E-state index contributed by atoms with van der Waals surface area (Å²) in [7, 11) is 1.33. The van der Waals surface area contributed by atoms with E-state index in [4.69, 9.17) is 20.8 Å². The molecule has 0 N–H and O–H groups in total. The van der Waals surface area contributed by atoms with E-state index in [-0.39, 0.29) is 5.56 Å². The van der Waals surface area contributed by atoms with E-state index in [9.17, 15) is 9.59 Å². The van der Waals surface area contributed by atoms with Crippen LogP contribution in [0, 0.1) is 0 Å². The maximum atomic E-state index is 13.6. The van der Waals surface area contributed by atoms with Crippen LogP contribution in [0.5, 0.6) is 0 Å². The summed E-state index contributed by atoms with van der Waals surface area (Å²) in [6, 6.07) is 18.2. The summed E-state index contributed by atoms with van der Waals surface area (Å²) in [6.07, 6.45) is 3.70. The molecule has 36 heavy (non-hydrogen) atoms. The molecule has 1 aliphatic heterocycles. The maximum Gasteiger partial charge on any atom is 0.338 e. The first-order valence-electron chi connectivity index (χ1n) is 11.0. The minimum Gasteiger partial charge on any atom is -0.466 e. The molecule has 4 aromatic rings. The SMILES string of the molecule is COC(=O)C1=C(C)N=c2sc(=Cc3ccc(-c4ccc(Cl)cc4)o3)c(=O)n2C1c1ccc(SC)cc1. The van der Waals surface area contributed by atoms with Gasteiger partial charge in [-0.25, -0.2) is 9.79 Å². The number of esters is 1. The van der Waals surface area contributed by atoms with Gasteiger partial charge in [0.2, 0.25) is 0 Å². The third kappa shape index (κ3) is 4.48. The zero-order valence-corrected chi connectivity index (χ0v) is 22.0. The molecule has 0 bridgehead atoms. The highest BCUT2D eigenvalue weighted by atomic mass is 35.5. The van der Waals surface area contributed by atoms with E-state index >= 15 is 0 Å². The average Bonchev–Trinajstić information content (AvgIpc) is 3.47. The standard InChI is InChI=1S/C27H21ClN2O4S2/c1-15-23(26(32)33-2)24(17-6-11-20(35-3)12-7-17)30-25(31)22(36-27(30)29-15)14-19-10-13-21(34-19)16-4-8-18(28)9-5-16/h4-14,24H,1-3H3. The highest BCUT2D eigenvalue weighted by molar-refractivity contribution is 7.98. The zero-order chi connectivity index (χ0) is 25.4. The molecule has 2 aromatic carbocycles. The first-order chi connectivity index (χ1) is 17.4. The molecule has 1 aliphatic rings. The predicted molar refractivity (Wildman–Crippen MR) is 143 cm³/mol. The Balaban J connectivity index is 1.63. The fourth-order valence-corrected chi connectivity index (χ4v) is 5.68. The van der Waals surface area contributed by atoms with Gasteiger partial charge in [-0.2, -0.15) is 0 Å². The van der Waals surface area contributed by atoms with Crippen molar-refractivity contribution in [3.63, 3.8) is 0 Å². The molecule has 1 atom stereocenters. The lowest BCUT2D eigenvalue weighted by Gasteiger charge is -2.24. The number of benzene rings is 2. The van der Waals surface area contributed by atoms with Gasteiger partial charge in [-0.15, -0.1) is 11.8 Å². The van der Waals surface area contributed by atoms with Gasteiger partial charge in [0.1, 0.15) is 11.5 Å². The van der Waals surface area contributed by atoms with Crippen LogP contribution in [0.1, 0.15) is 24.3 Å². The number of thiazole rings is 1. The molecule has 3 heterocycles. The Labute approximate surface area is 220 Å². The van der Waals surface area contributed by atoms with E-state index in [1.807, 2.05) is 54.8 Å². The van der Waals surface area contributed by atoms with Crippen molar-refractivity contribution in [1.82, 2.24) is 4.57 Å². The number of hydrogen-bond donors (Lipinski definition) is 0. The molecule has 9 heteroatoms. The predicted octanol–water partition coefficient (Wildman–Crippen LogP) is 5.04. The second-order valence-electron chi connectivity index (χ2n) is 8.06. The smallest absolute Gasteiger partial charge is 0.338 e. The van der Waals surface area contributed by atoms with Crippen LogP contribution in [0.3, 0.4) is 0 Å². The second kappa shape index (κ2) is 9.97. The van der Waals surface area contributed by atoms with Crippen molar-refractivity contribution in [1.29, 1.82) is 0 Å². The summed E-state index contributed by atoms with van der Waals surface area (Å²) < 4.78 is 13.1. The summed E-state index contributed by atoms with van der Waals surface area (Å²) in [5, 5.41) is 0.644. The van der Waals surface area contributed by atoms with E-state index in [1.165, 1.54) is 18.4 Å². The third-order valence-electron chi connectivity index (χ3n) is 5.89. The van der Waals surface area contributed by atoms with E-state index in [0.29, 0.717) is 37.1 Å². The van der Waals surface area contributed by atoms with Gasteiger partial charge in [-0.05, 0) is 67.3 Å². The average molecular weight is 537 g/mol. The molecule has 2 aromatic heterocycles. The third-order valence-corrected chi connectivity index (χ3v) is 7.87. The second-order valence-corrected chi connectivity index (χ2v) is 10.4. The van der Waals surface area contributed by atoms with Crippen LogP contribution in [-0.4, -0.2) is 23.9 Å². The Morgan fingerprint density at radius 1 is 1.14 bits per heavy atom. The lowest BCUT2D eigenvalue weighted by Crippen LogP contribution is -2.39. The molecular formula is C27H21ClN2O4S2. The molecular weight excluding hydrogens is 516 g/mol. The van der Waals surface area contributed by atoms with Crippen LogP contribution in [-0.2, 0) is 9.53 Å². The van der Waals surface area contributed by atoms with Crippen molar-refractivity contribution in [2.75, 3.05) is 13.4 Å². The monoisotopic (exact) mass is 536 g/mol. The molecule has 0 fully saturated rings. The fourth-order valence-electron chi connectivity index (χ4n) is 4.12. The minimum atomic E-state index is -0.645. The Bertz CT molecular complexity index is 1660. The zero-order valence-electron chi connectivity index (χ0n) is 19.7. The molecule has 0 aliphatic carbocycles. The Morgan fingerprint density at radius 2 is 1.86 bits per heavy atom. The molecule has 1 unspecified atom stereocenters. The molecule has 0 spiro atoms. The normalized spacial score (nSPS) is 15.6. The highest BCUT2D eigenvalue weighted by Crippen LogP contribution is 2.31. The number of thioether (sulfide) groups is 1. The van der Waals surface area contributed by atoms with Crippen LogP contribution >= 0.6 is 34.7 Å². The van der Waals surface area contributed by atoms with Gasteiger partial charge in [0.05, 0.1) is 29.0 Å². The van der Waals surface area contributed by atoms with E-state index < -0.39 is 12.0 Å². The van der Waals surface area contributed by atoms with Gasteiger partial charge in [0.15, 0.2) is 4.80 Å². The number of allylic oxidation sites excluding steroid dienone is 1. The van der Waals surface area contributed by atoms with Gasteiger partial charge >= 0.3 is 5.97 Å². The van der Waals surface area contributed by atoms with Gasteiger partial charge in [-0.3, -0.25) is 9.36 Å². The highest BCUT2D eigenvalue weighted by Gasteiger charge is 2.33. The van der Waals surface area contributed by atoms with Gasteiger partial charge < -0.3 is 9.15 Å². The molecule has 182 valence electrons. The number of methoxy groups -OCH3 is 1. The van der Waals surface area contributed by atoms with Crippen molar-refractivity contribution >= 4 is 46.7 Å². The number of hydrogen-bond acceptors (Lipinski definition) is 7. The first kappa shape index (κ1) is 24.4. The number of furan rings is 1. The summed E-state index contributed by atoms with van der Waals surface area (Å²) in [6.45, 7) is 1.76. The van der Waals surface area contributed by atoms with Gasteiger partial charge in [0, 0.05) is 21.6 Å². The number of aromatic nitrogens is 1. The molecule has 5 rings (SSSR count). The van der Waals surface area contributed by atoms with Crippen LogP contribution in [0.25, 0.3) is 17.4 Å². The molecule has 0 saturated heterocycles. The van der Waals surface area contributed by atoms with Crippen molar-refractivity contribution in [3.8, 4) is 11.3 Å². The van der Waals surface area contributed by atoms with Crippen molar-refractivity contribution in [2.45, 2.75) is 17.9 Å². The topological polar surface area (TPSA) is 73.8 Å². The van der Waals surface area contributed by atoms with Crippen LogP contribution < -0.4 is 14.9 Å². The number of carbonyl (C=O) groups is 1. The molecule has 6 nitrogen and oxygen atoms in total. The Hall–Kier alpha value is -3.33. The lowest BCUT2D eigenvalue weighted by atomic mass is 9.96. The van der Waals surface area contributed by atoms with Crippen LogP contribution in [0.4, 0.5) is 0 Å². The number of ether oxygens (including phenoxy) is 1. The Morgan fingerprint density at radius 3 is 2.53 bits per heavy atom. The maximum absolute atomic E-state index is 13.6. The minimum absolute atomic E-state index is 0.254. The van der Waals surface area contributed by atoms with Gasteiger partial charge in [-0.1, -0.05) is 35.1 Å². The summed E-state index contributed by atoms with van der Waals surface area (Å²) in [5.74, 6) is 0.694. The number of carbonyl (C=O) groups excluding carboxylic acids is 1. The number of nitrogens with zero attached hydrogens (tertiary/aromatic N) is 2. The molecule has 0 radical (unpaired) electrons. The number of halogens is 1. The Kier molecular flexibility index (Phi) is 6.75. The van der Waals surface area contributed by atoms with Crippen LogP contribution in [0.15, 0.2) is 91.0 Å². The summed E-state index contributed by atoms with van der Waals surface area (Å²) >= 11 is 8.86.